The van der Waals surface area contributed by atoms with Crippen molar-refractivity contribution in [2.24, 2.45) is 0 Å². The lowest BCUT2D eigenvalue weighted by molar-refractivity contribution is -0.140. The molecular formula is C29H29NO5. The smallest absolute Gasteiger partial charge is 0.295 e. The van der Waals surface area contributed by atoms with Gasteiger partial charge in [-0.25, -0.2) is 0 Å². The van der Waals surface area contributed by atoms with Gasteiger partial charge in [-0.2, -0.15) is 0 Å². The summed E-state index contributed by atoms with van der Waals surface area (Å²) in [5.41, 5.74) is 3.86. The maximum atomic E-state index is 13.3. The number of likely N-dealkylation sites (tertiary alicyclic amines) is 1. The van der Waals surface area contributed by atoms with Crippen LogP contribution in [0.25, 0.3) is 5.76 Å². The highest BCUT2D eigenvalue weighted by Gasteiger charge is 2.46. The van der Waals surface area contributed by atoms with E-state index in [1.54, 1.807) is 25.3 Å². The predicted molar refractivity (Wildman–Crippen MR) is 134 cm³/mol. The minimum atomic E-state index is -0.744. The average Bonchev–Trinajstić information content (AvgIpc) is 3.10. The van der Waals surface area contributed by atoms with Crippen LogP contribution in [-0.4, -0.2) is 35.4 Å². The van der Waals surface area contributed by atoms with Crippen LogP contribution >= 0.6 is 0 Å². The Morgan fingerprint density at radius 1 is 0.971 bits per heavy atom. The van der Waals surface area contributed by atoms with Crippen LogP contribution in [0.15, 0.2) is 72.3 Å². The van der Waals surface area contributed by atoms with Crippen molar-refractivity contribution in [2.75, 3.05) is 13.7 Å². The number of Topliss-reactive ketones (excluding diaryl/α,β-unsaturated/α-hetero) is 1. The van der Waals surface area contributed by atoms with Crippen molar-refractivity contribution in [1.29, 1.82) is 0 Å². The van der Waals surface area contributed by atoms with Crippen LogP contribution in [0.1, 0.15) is 40.8 Å². The van der Waals surface area contributed by atoms with E-state index in [-0.39, 0.29) is 17.9 Å². The number of aryl methyl sites for hydroxylation is 2. The minimum absolute atomic E-state index is 0.0686. The Hall–Kier alpha value is -4.06. The molecule has 1 amide bonds. The zero-order valence-electron chi connectivity index (χ0n) is 20.4. The van der Waals surface area contributed by atoms with Gasteiger partial charge in [-0.3, -0.25) is 9.59 Å². The normalized spacial score (nSPS) is 17.0. The van der Waals surface area contributed by atoms with Gasteiger partial charge in [-0.1, -0.05) is 48.0 Å². The topological polar surface area (TPSA) is 76.1 Å². The molecule has 1 aliphatic heterocycles. The summed E-state index contributed by atoms with van der Waals surface area (Å²) < 4.78 is 11.1. The molecule has 1 heterocycles. The number of rotatable bonds is 7. The zero-order valence-corrected chi connectivity index (χ0v) is 20.4. The summed E-state index contributed by atoms with van der Waals surface area (Å²) in [5.74, 6) is -0.249. The summed E-state index contributed by atoms with van der Waals surface area (Å²) in [6.45, 7) is 6.41. The maximum absolute atomic E-state index is 13.3. The van der Waals surface area contributed by atoms with Gasteiger partial charge in [0, 0.05) is 11.1 Å². The third kappa shape index (κ3) is 4.64. The largest absolute Gasteiger partial charge is 0.507 e. The number of para-hydroxylation sites is 1. The highest BCUT2D eigenvalue weighted by atomic mass is 16.5. The van der Waals surface area contributed by atoms with Crippen LogP contribution in [0.5, 0.6) is 11.5 Å². The van der Waals surface area contributed by atoms with E-state index >= 15 is 0 Å². The van der Waals surface area contributed by atoms with E-state index in [1.807, 2.05) is 69.3 Å². The van der Waals surface area contributed by atoms with Crippen molar-refractivity contribution in [2.45, 2.75) is 33.4 Å². The first-order chi connectivity index (χ1) is 16.8. The molecule has 1 N–H and O–H groups in total. The van der Waals surface area contributed by atoms with Crippen LogP contribution in [0.3, 0.4) is 0 Å². The first kappa shape index (κ1) is 24.1. The first-order valence-electron chi connectivity index (χ1n) is 11.6. The van der Waals surface area contributed by atoms with Crippen LogP contribution < -0.4 is 9.47 Å². The number of methoxy groups -OCH3 is 1. The standard InChI is InChI=1S/C29H29NO5/c1-5-35-23-14-13-21(16-19(23)3)27(31)25-26(20-11-8-9-18(2)15-20)30(29(33)28(25)32)17-22-10-6-7-12-24(22)34-4/h6-16,26,31H,5,17H2,1-4H3/b27-25-. The van der Waals surface area contributed by atoms with Gasteiger partial charge in [-0.15, -0.1) is 0 Å². The van der Waals surface area contributed by atoms with Crippen molar-refractivity contribution in [3.63, 3.8) is 0 Å². The summed E-state index contributed by atoms with van der Waals surface area (Å²) in [6.07, 6.45) is 0. The van der Waals surface area contributed by atoms with Gasteiger partial charge in [0.05, 0.1) is 31.9 Å². The molecule has 3 aromatic carbocycles. The van der Waals surface area contributed by atoms with E-state index in [1.165, 1.54) is 4.90 Å². The molecular weight excluding hydrogens is 442 g/mol. The Labute approximate surface area is 205 Å². The summed E-state index contributed by atoms with van der Waals surface area (Å²) >= 11 is 0. The fourth-order valence-electron chi connectivity index (χ4n) is 4.52. The lowest BCUT2D eigenvalue weighted by Crippen LogP contribution is -2.29. The Kier molecular flexibility index (Phi) is 6.92. The molecule has 0 saturated carbocycles. The number of amides is 1. The van der Waals surface area contributed by atoms with Crippen molar-refractivity contribution in [3.8, 4) is 11.5 Å². The lowest BCUT2D eigenvalue weighted by atomic mass is 9.94. The molecule has 4 rings (SSSR count). The van der Waals surface area contributed by atoms with Gasteiger partial charge in [0.25, 0.3) is 11.7 Å². The van der Waals surface area contributed by atoms with Crippen LogP contribution in [-0.2, 0) is 16.1 Å². The number of carbonyl (C=O) groups excluding carboxylic acids is 2. The van der Waals surface area contributed by atoms with Crippen molar-refractivity contribution in [3.05, 3.63) is 100 Å². The van der Waals surface area contributed by atoms with E-state index in [2.05, 4.69) is 0 Å². The molecule has 1 unspecified atom stereocenters. The third-order valence-corrected chi connectivity index (χ3v) is 6.18. The number of aliphatic hydroxyl groups excluding tert-OH is 1. The molecule has 1 atom stereocenters. The van der Waals surface area contributed by atoms with Crippen LogP contribution in [0.2, 0.25) is 0 Å². The minimum Gasteiger partial charge on any atom is -0.507 e. The molecule has 0 bridgehead atoms. The van der Waals surface area contributed by atoms with E-state index < -0.39 is 17.7 Å². The molecule has 0 aromatic heterocycles. The van der Waals surface area contributed by atoms with Gasteiger partial charge in [-0.05, 0) is 56.2 Å². The molecule has 1 aliphatic rings. The second-order valence-corrected chi connectivity index (χ2v) is 8.57. The maximum Gasteiger partial charge on any atom is 0.295 e. The monoisotopic (exact) mass is 471 g/mol. The van der Waals surface area contributed by atoms with Gasteiger partial charge in [0.2, 0.25) is 0 Å². The van der Waals surface area contributed by atoms with Crippen LogP contribution in [0, 0.1) is 13.8 Å². The molecule has 1 saturated heterocycles. The molecule has 0 spiro atoms. The van der Waals surface area contributed by atoms with E-state index in [0.717, 1.165) is 22.3 Å². The van der Waals surface area contributed by atoms with Crippen LogP contribution in [0.4, 0.5) is 0 Å². The Morgan fingerprint density at radius 3 is 2.43 bits per heavy atom. The Bertz CT molecular complexity index is 1310. The lowest BCUT2D eigenvalue weighted by Gasteiger charge is -2.26. The number of ether oxygens (including phenoxy) is 2. The molecule has 6 nitrogen and oxygen atoms in total. The number of benzene rings is 3. The van der Waals surface area contributed by atoms with E-state index in [0.29, 0.717) is 23.7 Å². The molecule has 35 heavy (non-hydrogen) atoms. The van der Waals surface area contributed by atoms with Crippen molar-refractivity contribution >= 4 is 17.4 Å². The fraction of sp³-hybridized carbons (Fsp3) is 0.241. The van der Waals surface area contributed by atoms with Crippen molar-refractivity contribution < 1.29 is 24.2 Å². The molecule has 180 valence electrons. The number of hydrogen-bond donors (Lipinski definition) is 1. The zero-order chi connectivity index (χ0) is 25.1. The molecule has 6 heteroatoms. The van der Waals surface area contributed by atoms with Gasteiger partial charge in [0.1, 0.15) is 17.3 Å². The molecule has 3 aromatic rings. The third-order valence-electron chi connectivity index (χ3n) is 6.18. The predicted octanol–water partition coefficient (Wildman–Crippen LogP) is 5.33. The number of hydrogen-bond acceptors (Lipinski definition) is 5. The fourth-order valence-corrected chi connectivity index (χ4v) is 4.52. The summed E-state index contributed by atoms with van der Waals surface area (Å²) in [5, 5.41) is 11.4. The highest BCUT2D eigenvalue weighted by Crippen LogP contribution is 2.41. The number of nitrogens with zero attached hydrogens (tertiary/aromatic N) is 1. The van der Waals surface area contributed by atoms with Gasteiger partial charge >= 0.3 is 0 Å². The first-order valence-corrected chi connectivity index (χ1v) is 11.6. The Morgan fingerprint density at radius 2 is 1.74 bits per heavy atom. The SMILES string of the molecule is CCOc1ccc(/C(O)=C2/C(=O)C(=O)N(Cc3ccccc3OC)C2c2cccc(C)c2)cc1C. The van der Waals surface area contributed by atoms with E-state index in [4.69, 9.17) is 9.47 Å². The average molecular weight is 472 g/mol. The molecule has 1 fully saturated rings. The molecule has 0 aliphatic carbocycles. The number of ketones is 1. The van der Waals surface area contributed by atoms with E-state index in [9.17, 15) is 14.7 Å². The second kappa shape index (κ2) is 10.1. The quantitative estimate of drug-likeness (QED) is 0.286. The summed E-state index contributed by atoms with van der Waals surface area (Å²) in [4.78, 5) is 28.1. The second-order valence-electron chi connectivity index (χ2n) is 8.57. The molecule has 0 radical (unpaired) electrons. The highest BCUT2D eigenvalue weighted by molar-refractivity contribution is 6.46. The number of carbonyl (C=O) groups is 2. The number of aliphatic hydroxyl groups is 1. The van der Waals surface area contributed by atoms with Crippen molar-refractivity contribution in [1.82, 2.24) is 4.90 Å². The van der Waals surface area contributed by atoms with Gasteiger partial charge in [0.15, 0.2) is 0 Å². The Balaban J connectivity index is 1.86. The van der Waals surface area contributed by atoms with Gasteiger partial charge < -0.3 is 19.5 Å². The summed E-state index contributed by atoms with van der Waals surface area (Å²) in [6, 6.07) is 19.5. The summed E-state index contributed by atoms with van der Waals surface area (Å²) in [7, 11) is 1.57.